The van der Waals surface area contributed by atoms with Crippen LogP contribution in [-0.4, -0.2) is 22.1 Å². The lowest BCUT2D eigenvalue weighted by Crippen LogP contribution is -2.11. The lowest BCUT2D eigenvalue weighted by Gasteiger charge is -2.19. The molecule has 4 nitrogen and oxygen atoms in total. The van der Waals surface area contributed by atoms with Gasteiger partial charge in [0, 0.05) is 7.05 Å². The molecule has 16 heavy (non-hydrogen) atoms. The van der Waals surface area contributed by atoms with Gasteiger partial charge in [-0.1, -0.05) is 26.0 Å². The van der Waals surface area contributed by atoms with E-state index in [1.54, 1.807) is 11.8 Å². The lowest BCUT2D eigenvalue weighted by atomic mass is 9.86. The molecule has 0 spiro atoms. The first-order chi connectivity index (χ1) is 7.43. The Hall–Kier alpha value is -1.58. The molecule has 0 N–H and O–H groups in total. The van der Waals surface area contributed by atoms with Gasteiger partial charge in [-0.3, -0.25) is 0 Å². The van der Waals surface area contributed by atoms with Crippen molar-refractivity contribution in [2.75, 3.05) is 7.11 Å². The highest BCUT2D eigenvalue weighted by atomic mass is 16.5. The molecule has 0 amide bonds. The summed E-state index contributed by atoms with van der Waals surface area (Å²) in [7, 11) is 3.54. The minimum atomic E-state index is 0.0823. The molecule has 0 aliphatic carbocycles. The highest BCUT2D eigenvalue weighted by molar-refractivity contribution is 5.82. The zero-order valence-electron chi connectivity index (χ0n) is 10.4. The molecule has 1 aromatic heterocycles. The molecular formula is C12H17N3O. The summed E-state index contributed by atoms with van der Waals surface area (Å²) >= 11 is 0. The van der Waals surface area contributed by atoms with E-state index in [2.05, 4.69) is 43.2 Å². The van der Waals surface area contributed by atoms with Gasteiger partial charge in [0.1, 0.15) is 16.8 Å². The van der Waals surface area contributed by atoms with E-state index in [0.29, 0.717) is 0 Å². The van der Waals surface area contributed by atoms with Crippen molar-refractivity contribution in [1.29, 1.82) is 0 Å². The van der Waals surface area contributed by atoms with Crippen molar-refractivity contribution in [3.05, 3.63) is 17.7 Å². The van der Waals surface area contributed by atoms with E-state index in [9.17, 15) is 0 Å². The molecule has 0 unspecified atom stereocenters. The summed E-state index contributed by atoms with van der Waals surface area (Å²) < 4.78 is 7.14. The number of aromatic nitrogens is 3. The Morgan fingerprint density at radius 2 is 1.94 bits per heavy atom. The molecule has 86 valence electrons. The van der Waals surface area contributed by atoms with E-state index in [1.807, 2.05) is 7.05 Å². The van der Waals surface area contributed by atoms with Gasteiger partial charge in [0.15, 0.2) is 0 Å². The third-order valence-corrected chi connectivity index (χ3v) is 2.75. The Bertz CT molecular complexity index is 523. The predicted molar refractivity (Wildman–Crippen MR) is 63.8 cm³/mol. The van der Waals surface area contributed by atoms with Gasteiger partial charge in [0.2, 0.25) is 0 Å². The molecule has 0 saturated carbocycles. The number of nitrogens with zero attached hydrogens (tertiary/aromatic N) is 3. The van der Waals surface area contributed by atoms with Gasteiger partial charge in [-0.2, -0.15) is 0 Å². The summed E-state index contributed by atoms with van der Waals surface area (Å²) in [5.74, 6) is 0.829. The largest absolute Gasteiger partial charge is 0.494 e. The maximum atomic E-state index is 5.40. The van der Waals surface area contributed by atoms with E-state index in [1.165, 1.54) is 5.56 Å². The van der Waals surface area contributed by atoms with E-state index in [0.717, 1.165) is 16.8 Å². The molecule has 0 fully saturated rings. The smallest absolute Gasteiger partial charge is 0.146 e. The van der Waals surface area contributed by atoms with Crippen molar-refractivity contribution in [2.24, 2.45) is 7.05 Å². The number of fused-ring (bicyclic) bond motifs is 1. The summed E-state index contributed by atoms with van der Waals surface area (Å²) in [6.07, 6.45) is 0. The number of ether oxygens (including phenoxy) is 1. The number of hydrogen-bond donors (Lipinski definition) is 0. The monoisotopic (exact) mass is 219 g/mol. The van der Waals surface area contributed by atoms with Crippen molar-refractivity contribution in [3.8, 4) is 5.75 Å². The van der Waals surface area contributed by atoms with Gasteiger partial charge in [0.25, 0.3) is 0 Å². The van der Waals surface area contributed by atoms with Gasteiger partial charge >= 0.3 is 0 Å². The average Bonchev–Trinajstić information content (AvgIpc) is 2.58. The van der Waals surface area contributed by atoms with Crippen LogP contribution in [-0.2, 0) is 12.5 Å². The molecule has 0 bridgehead atoms. The van der Waals surface area contributed by atoms with Crippen LogP contribution in [0.4, 0.5) is 0 Å². The number of hydrogen-bond acceptors (Lipinski definition) is 3. The van der Waals surface area contributed by atoms with Crippen LogP contribution in [0, 0.1) is 0 Å². The van der Waals surface area contributed by atoms with Crippen LogP contribution in [0.2, 0.25) is 0 Å². The molecule has 0 aliphatic heterocycles. The van der Waals surface area contributed by atoms with Crippen molar-refractivity contribution in [2.45, 2.75) is 26.2 Å². The molecule has 4 heteroatoms. The van der Waals surface area contributed by atoms with E-state index in [-0.39, 0.29) is 5.41 Å². The highest BCUT2D eigenvalue weighted by Crippen LogP contribution is 2.31. The molecule has 2 rings (SSSR count). The molecule has 0 saturated heterocycles. The molecule has 0 atom stereocenters. The van der Waals surface area contributed by atoms with Gasteiger partial charge in [-0.15, -0.1) is 5.10 Å². The van der Waals surface area contributed by atoms with Crippen molar-refractivity contribution < 1.29 is 4.74 Å². The Labute approximate surface area is 95.2 Å². The first-order valence-corrected chi connectivity index (χ1v) is 5.31. The third kappa shape index (κ3) is 1.64. The molecule has 0 aliphatic rings. The van der Waals surface area contributed by atoms with Crippen LogP contribution < -0.4 is 4.74 Å². The van der Waals surface area contributed by atoms with Gasteiger partial charge in [0.05, 0.1) is 7.11 Å². The third-order valence-electron chi connectivity index (χ3n) is 2.75. The Morgan fingerprint density at radius 1 is 1.25 bits per heavy atom. The zero-order valence-corrected chi connectivity index (χ0v) is 10.4. The quantitative estimate of drug-likeness (QED) is 0.738. The number of aryl methyl sites for hydroxylation is 1. The van der Waals surface area contributed by atoms with E-state index in [4.69, 9.17) is 4.74 Å². The highest BCUT2D eigenvalue weighted by Gasteiger charge is 2.18. The first kappa shape index (κ1) is 10.9. The van der Waals surface area contributed by atoms with Gasteiger partial charge in [-0.05, 0) is 23.1 Å². The van der Waals surface area contributed by atoms with E-state index < -0.39 is 0 Å². The summed E-state index contributed by atoms with van der Waals surface area (Å²) in [5.41, 5.74) is 3.11. The Morgan fingerprint density at radius 3 is 2.50 bits per heavy atom. The Kier molecular flexibility index (Phi) is 2.37. The van der Waals surface area contributed by atoms with Crippen LogP contribution >= 0.6 is 0 Å². The van der Waals surface area contributed by atoms with Crippen LogP contribution in [0.3, 0.4) is 0 Å². The summed E-state index contributed by atoms with van der Waals surface area (Å²) in [5, 5.41) is 8.15. The molecule has 2 aromatic rings. The second kappa shape index (κ2) is 3.47. The minimum Gasteiger partial charge on any atom is -0.494 e. The first-order valence-electron chi connectivity index (χ1n) is 5.31. The van der Waals surface area contributed by atoms with Crippen LogP contribution in [0.5, 0.6) is 5.75 Å². The van der Waals surface area contributed by atoms with Crippen LogP contribution in [0.1, 0.15) is 26.3 Å². The average molecular weight is 219 g/mol. The molecular weight excluding hydrogens is 202 g/mol. The van der Waals surface area contributed by atoms with Gasteiger partial charge in [-0.25, -0.2) is 4.68 Å². The minimum absolute atomic E-state index is 0.0823. The van der Waals surface area contributed by atoms with Crippen molar-refractivity contribution >= 4 is 11.0 Å². The SMILES string of the molecule is COc1cc(C(C)(C)C)cc2nnn(C)c12. The van der Waals surface area contributed by atoms with Gasteiger partial charge < -0.3 is 4.74 Å². The number of benzene rings is 1. The predicted octanol–water partition coefficient (Wildman–Crippen LogP) is 2.27. The lowest BCUT2D eigenvalue weighted by molar-refractivity contribution is 0.415. The summed E-state index contributed by atoms with van der Waals surface area (Å²) in [6.45, 7) is 6.51. The number of rotatable bonds is 1. The van der Waals surface area contributed by atoms with Crippen molar-refractivity contribution in [3.63, 3.8) is 0 Å². The fourth-order valence-electron chi connectivity index (χ4n) is 1.74. The normalized spacial score (nSPS) is 12.1. The summed E-state index contributed by atoms with van der Waals surface area (Å²) in [4.78, 5) is 0. The topological polar surface area (TPSA) is 39.9 Å². The van der Waals surface area contributed by atoms with E-state index >= 15 is 0 Å². The maximum absolute atomic E-state index is 5.40. The molecule has 1 aromatic carbocycles. The molecule has 0 radical (unpaired) electrons. The second-order valence-corrected chi connectivity index (χ2v) is 5.01. The van der Waals surface area contributed by atoms with Crippen LogP contribution in [0.15, 0.2) is 12.1 Å². The molecule has 1 heterocycles. The maximum Gasteiger partial charge on any atom is 0.146 e. The van der Waals surface area contributed by atoms with Crippen LogP contribution in [0.25, 0.3) is 11.0 Å². The number of methoxy groups -OCH3 is 1. The standard InChI is InChI=1S/C12H17N3O/c1-12(2,3)8-6-9-11(10(7-8)16-5)15(4)14-13-9/h6-7H,1-5H3. The summed E-state index contributed by atoms with van der Waals surface area (Å²) in [6, 6.07) is 4.14. The second-order valence-electron chi connectivity index (χ2n) is 5.01. The van der Waals surface area contributed by atoms with Crippen molar-refractivity contribution in [1.82, 2.24) is 15.0 Å². The Balaban J connectivity index is 2.75. The fraction of sp³-hybridized carbons (Fsp3) is 0.500. The zero-order chi connectivity index (χ0) is 11.9. The fourth-order valence-corrected chi connectivity index (χ4v) is 1.74.